The maximum atomic E-state index is 12.6. The molecule has 6 N–H and O–H groups in total. The van der Waals surface area contributed by atoms with Crippen molar-refractivity contribution in [1.82, 2.24) is 0 Å². The Morgan fingerprint density at radius 3 is 2.30 bits per heavy atom. The minimum absolute atomic E-state index is 0.136. The highest BCUT2D eigenvalue weighted by atomic mass is 16.7. The predicted octanol–water partition coefficient (Wildman–Crippen LogP) is 0.0585. The molecular formula is C22H22O11. The third-order valence-electron chi connectivity index (χ3n) is 5.40. The predicted molar refractivity (Wildman–Crippen MR) is 112 cm³/mol. The first-order valence-electron chi connectivity index (χ1n) is 9.89. The number of methoxy groups -OCH3 is 1. The molecule has 0 saturated carbocycles. The summed E-state index contributed by atoms with van der Waals surface area (Å²) in [5, 5.41) is 59.7. The minimum Gasteiger partial charge on any atom is -0.504 e. The first-order valence-corrected chi connectivity index (χ1v) is 9.89. The Bertz CT molecular complexity index is 1200. The van der Waals surface area contributed by atoms with Gasteiger partial charge in [-0.25, -0.2) is 0 Å². The second kappa shape index (κ2) is 8.89. The largest absolute Gasteiger partial charge is 0.504 e. The summed E-state index contributed by atoms with van der Waals surface area (Å²) in [7, 11) is 1.51. The van der Waals surface area contributed by atoms with Crippen molar-refractivity contribution in [1.29, 1.82) is 0 Å². The topological polar surface area (TPSA) is 179 Å². The summed E-state index contributed by atoms with van der Waals surface area (Å²) in [6.45, 7) is -0.681. The maximum Gasteiger partial charge on any atom is 0.229 e. The molecule has 0 aliphatic carbocycles. The fourth-order valence-corrected chi connectivity index (χ4v) is 3.55. The summed E-state index contributed by atoms with van der Waals surface area (Å²) in [5.74, 6) is -1.32. The molecule has 1 aliphatic heterocycles. The summed E-state index contributed by atoms with van der Waals surface area (Å²) < 4.78 is 21.5. The van der Waals surface area contributed by atoms with Crippen LogP contribution in [0.4, 0.5) is 0 Å². The van der Waals surface area contributed by atoms with Crippen molar-refractivity contribution in [2.24, 2.45) is 0 Å². The molecule has 11 heteroatoms. The van der Waals surface area contributed by atoms with Gasteiger partial charge in [-0.2, -0.15) is 0 Å². The molecule has 1 aliphatic rings. The second-order valence-corrected chi connectivity index (χ2v) is 7.46. The number of hydrogen-bond acceptors (Lipinski definition) is 11. The highest BCUT2D eigenvalue weighted by molar-refractivity contribution is 5.89. The fourth-order valence-electron chi connectivity index (χ4n) is 3.55. The lowest BCUT2D eigenvalue weighted by molar-refractivity contribution is -0.277. The third kappa shape index (κ3) is 4.08. The SMILES string of the molecule is COc1ccc(-c2cc(=O)c3c(O)c(O)c(O[C@H]4O[C@@H](CO)[C@H](O)[C@H](O)[C@@H]4O)cc3o2)cc1. The number of phenolic OH excluding ortho intramolecular Hbond substituents is 2. The van der Waals surface area contributed by atoms with E-state index in [4.69, 9.17) is 18.6 Å². The molecule has 3 aromatic rings. The van der Waals surface area contributed by atoms with Gasteiger partial charge in [0.05, 0.1) is 13.7 Å². The molecule has 11 nitrogen and oxygen atoms in total. The molecule has 2 heterocycles. The van der Waals surface area contributed by atoms with Crippen LogP contribution < -0.4 is 14.9 Å². The minimum atomic E-state index is -1.75. The van der Waals surface area contributed by atoms with Crippen molar-refractivity contribution < 1.29 is 49.3 Å². The fraction of sp³-hybridized carbons (Fsp3) is 0.318. The summed E-state index contributed by atoms with van der Waals surface area (Å²) in [5.41, 5.74) is -0.226. The van der Waals surface area contributed by atoms with E-state index < -0.39 is 60.0 Å². The molecule has 176 valence electrons. The van der Waals surface area contributed by atoms with Crippen molar-refractivity contribution in [2.75, 3.05) is 13.7 Å². The first-order chi connectivity index (χ1) is 15.7. The van der Waals surface area contributed by atoms with Crippen molar-refractivity contribution in [3.8, 4) is 34.3 Å². The van der Waals surface area contributed by atoms with Gasteiger partial charge in [-0.3, -0.25) is 4.79 Å². The van der Waals surface area contributed by atoms with E-state index in [0.29, 0.717) is 11.3 Å². The van der Waals surface area contributed by atoms with Crippen LogP contribution in [0.5, 0.6) is 23.0 Å². The normalized spacial score (nSPS) is 25.2. The lowest BCUT2D eigenvalue weighted by Gasteiger charge is -2.39. The van der Waals surface area contributed by atoms with Crippen LogP contribution in [0, 0.1) is 0 Å². The van der Waals surface area contributed by atoms with Crippen LogP contribution in [0.25, 0.3) is 22.3 Å². The number of fused-ring (bicyclic) bond motifs is 1. The van der Waals surface area contributed by atoms with Gasteiger partial charge in [0, 0.05) is 17.7 Å². The van der Waals surface area contributed by atoms with Gasteiger partial charge in [0.25, 0.3) is 0 Å². The van der Waals surface area contributed by atoms with Gasteiger partial charge in [0.15, 0.2) is 16.9 Å². The molecule has 4 rings (SSSR count). The zero-order valence-electron chi connectivity index (χ0n) is 17.3. The van der Waals surface area contributed by atoms with Crippen LogP contribution in [-0.4, -0.2) is 75.1 Å². The first kappa shape index (κ1) is 22.8. The van der Waals surface area contributed by atoms with E-state index in [1.54, 1.807) is 24.3 Å². The summed E-state index contributed by atoms with van der Waals surface area (Å²) in [6.07, 6.45) is -7.94. The van der Waals surface area contributed by atoms with Crippen molar-refractivity contribution in [3.05, 3.63) is 46.6 Å². The standard InChI is InChI=1S/C22H22O11/c1-30-10-4-2-9(3-5-10)12-6-11(24)16-13(31-12)7-14(17(25)19(16)27)32-22-21(29)20(28)18(26)15(8-23)33-22/h2-7,15,18,20-23,25-29H,8H2,1H3/t15-,18-,20-,21-,22-/m0/s1. The molecule has 0 bridgehead atoms. The highest BCUT2D eigenvalue weighted by Crippen LogP contribution is 2.42. The summed E-state index contributed by atoms with van der Waals surface area (Å²) in [4.78, 5) is 12.6. The average molecular weight is 462 g/mol. The molecule has 0 unspecified atom stereocenters. The number of aliphatic hydroxyl groups is 4. The molecule has 0 radical (unpaired) electrons. The van der Waals surface area contributed by atoms with E-state index in [2.05, 4.69) is 0 Å². The van der Waals surface area contributed by atoms with Crippen LogP contribution in [0.1, 0.15) is 0 Å². The van der Waals surface area contributed by atoms with Crippen LogP contribution in [-0.2, 0) is 4.74 Å². The third-order valence-corrected chi connectivity index (χ3v) is 5.40. The van der Waals surface area contributed by atoms with E-state index in [0.717, 1.165) is 12.1 Å². The number of aromatic hydroxyl groups is 2. The molecule has 33 heavy (non-hydrogen) atoms. The highest BCUT2D eigenvalue weighted by Gasteiger charge is 2.45. The molecule has 2 aromatic carbocycles. The van der Waals surface area contributed by atoms with Crippen LogP contribution in [0.15, 0.2) is 45.6 Å². The molecule has 1 saturated heterocycles. The van der Waals surface area contributed by atoms with Gasteiger partial charge in [-0.05, 0) is 24.3 Å². The number of hydrogen-bond donors (Lipinski definition) is 6. The molecule has 1 aromatic heterocycles. The molecule has 0 spiro atoms. The Kier molecular flexibility index (Phi) is 6.15. The number of aliphatic hydroxyl groups excluding tert-OH is 4. The van der Waals surface area contributed by atoms with Crippen molar-refractivity contribution in [3.63, 3.8) is 0 Å². The van der Waals surface area contributed by atoms with Crippen LogP contribution >= 0.6 is 0 Å². The quantitative estimate of drug-likeness (QED) is 0.282. The smallest absolute Gasteiger partial charge is 0.229 e. The van der Waals surface area contributed by atoms with Crippen LogP contribution in [0.2, 0.25) is 0 Å². The zero-order chi connectivity index (χ0) is 23.9. The Morgan fingerprint density at radius 2 is 1.67 bits per heavy atom. The van der Waals surface area contributed by atoms with E-state index >= 15 is 0 Å². The van der Waals surface area contributed by atoms with Gasteiger partial charge in [0.1, 0.15) is 46.9 Å². The number of rotatable bonds is 5. The lowest BCUT2D eigenvalue weighted by Crippen LogP contribution is -2.60. The van der Waals surface area contributed by atoms with E-state index in [9.17, 15) is 35.4 Å². The average Bonchev–Trinajstić information content (AvgIpc) is 2.82. The molecule has 0 amide bonds. The monoisotopic (exact) mass is 462 g/mol. The maximum absolute atomic E-state index is 12.6. The van der Waals surface area contributed by atoms with Gasteiger partial charge >= 0.3 is 0 Å². The molecule has 5 atom stereocenters. The second-order valence-electron chi connectivity index (χ2n) is 7.46. The summed E-state index contributed by atoms with van der Waals surface area (Å²) in [6, 6.07) is 8.92. The summed E-state index contributed by atoms with van der Waals surface area (Å²) >= 11 is 0. The van der Waals surface area contributed by atoms with Crippen molar-refractivity contribution in [2.45, 2.75) is 30.7 Å². The number of ether oxygens (including phenoxy) is 3. The van der Waals surface area contributed by atoms with Gasteiger partial charge < -0.3 is 49.3 Å². The Morgan fingerprint density at radius 1 is 0.970 bits per heavy atom. The van der Waals surface area contributed by atoms with Gasteiger partial charge in [-0.15, -0.1) is 0 Å². The molecule has 1 fully saturated rings. The Hall–Kier alpha value is -3.35. The van der Waals surface area contributed by atoms with E-state index in [1.165, 1.54) is 7.11 Å². The molecular weight excluding hydrogens is 440 g/mol. The Balaban J connectivity index is 1.75. The van der Waals surface area contributed by atoms with Gasteiger partial charge in [-0.1, -0.05) is 0 Å². The number of benzene rings is 2. The Labute approximate surface area is 186 Å². The van der Waals surface area contributed by atoms with Gasteiger partial charge in [0.2, 0.25) is 12.0 Å². The van der Waals surface area contributed by atoms with Crippen molar-refractivity contribution >= 4 is 11.0 Å². The van der Waals surface area contributed by atoms with Crippen LogP contribution in [0.3, 0.4) is 0 Å². The lowest BCUT2D eigenvalue weighted by atomic mass is 9.99. The number of phenols is 2. The van der Waals surface area contributed by atoms with E-state index in [1.807, 2.05) is 0 Å². The van der Waals surface area contributed by atoms with E-state index in [-0.39, 0.29) is 16.7 Å². The zero-order valence-corrected chi connectivity index (χ0v) is 17.3.